The minimum atomic E-state index is -0.201. The molecular weight excluding hydrogens is 326 g/mol. The maximum atomic E-state index is 12.6. The fourth-order valence-corrected chi connectivity index (χ4v) is 3.61. The van der Waals surface area contributed by atoms with Crippen molar-refractivity contribution in [2.24, 2.45) is 5.73 Å². The van der Waals surface area contributed by atoms with Crippen LogP contribution in [0.15, 0.2) is 30.3 Å². The van der Waals surface area contributed by atoms with Gasteiger partial charge in [0, 0.05) is 40.7 Å². The predicted octanol–water partition coefficient (Wildman–Crippen LogP) is 3.78. The predicted molar refractivity (Wildman–Crippen MR) is 106 cm³/mol. The third-order valence-corrected chi connectivity index (χ3v) is 5.00. The fourth-order valence-electron chi connectivity index (χ4n) is 3.61. The lowest BCUT2D eigenvalue weighted by molar-refractivity contribution is 0.0619. The number of hydrogen-bond donors (Lipinski definition) is 2. The van der Waals surface area contributed by atoms with Crippen LogP contribution >= 0.6 is 0 Å². The molecule has 5 nitrogen and oxygen atoms in total. The lowest BCUT2D eigenvalue weighted by atomic mass is 9.93. The lowest BCUT2D eigenvalue weighted by Crippen LogP contribution is -2.40. The molecule has 3 N–H and O–H groups in total. The van der Waals surface area contributed by atoms with E-state index in [0.29, 0.717) is 17.7 Å². The quantitative estimate of drug-likeness (QED) is 0.531. The minimum Gasteiger partial charge on any atom is -0.385 e. The Morgan fingerprint density at radius 1 is 0.923 bits per heavy atom. The van der Waals surface area contributed by atoms with Crippen LogP contribution in [0.2, 0.25) is 0 Å². The summed E-state index contributed by atoms with van der Waals surface area (Å²) < 4.78 is 0. The van der Waals surface area contributed by atoms with E-state index in [1.165, 1.54) is 24.2 Å². The highest BCUT2D eigenvalue weighted by atomic mass is 16.2. The van der Waals surface area contributed by atoms with Gasteiger partial charge >= 0.3 is 0 Å². The van der Waals surface area contributed by atoms with Gasteiger partial charge in [-0.25, -0.2) is 0 Å². The number of anilines is 1. The van der Waals surface area contributed by atoms with Crippen molar-refractivity contribution in [1.82, 2.24) is 4.90 Å². The monoisotopic (exact) mass is 353 g/mol. The number of hydrogen-bond acceptors (Lipinski definition) is 4. The second kappa shape index (κ2) is 8.32. The Labute approximate surface area is 154 Å². The first-order chi connectivity index (χ1) is 12.7. The standard InChI is InChI=1S/C21H27N3O2/c1-2-24-20(25)16-10-8-9-15-18(12-11-17(19(15)16)21(24)26)23-14-7-5-3-4-6-13-22/h8-12,23H,2-7,13-14,22H2,1H3. The topological polar surface area (TPSA) is 75.4 Å². The maximum absolute atomic E-state index is 12.6. The van der Waals surface area contributed by atoms with Crippen LogP contribution in [0, 0.1) is 0 Å². The molecule has 0 fully saturated rings. The summed E-state index contributed by atoms with van der Waals surface area (Å²) >= 11 is 0. The minimum absolute atomic E-state index is 0.201. The molecule has 0 saturated heterocycles. The van der Waals surface area contributed by atoms with E-state index in [1.54, 1.807) is 0 Å². The molecule has 1 aliphatic rings. The van der Waals surface area contributed by atoms with Crippen LogP contribution in [0.5, 0.6) is 0 Å². The van der Waals surface area contributed by atoms with Crippen molar-refractivity contribution in [2.75, 3.05) is 25.0 Å². The molecule has 0 bridgehead atoms. The van der Waals surface area contributed by atoms with E-state index in [1.807, 2.05) is 37.3 Å². The molecule has 0 saturated carbocycles. The third kappa shape index (κ3) is 3.44. The van der Waals surface area contributed by atoms with E-state index in [2.05, 4.69) is 5.32 Å². The molecule has 2 aromatic carbocycles. The van der Waals surface area contributed by atoms with E-state index in [0.717, 1.165) is 42.4 Å². The number of imide groups is 1. The molecule has 1 aliphatic heterocycles. The van der Waals surface area contributed by atoms with Crippen LogP contribution in [-0.4, -0.2) is 36.3 Å². The van der Waals surface area contributed by atoms with Crippen LogP contribution in [-0.2, 0) is 0 Å². The van der Waals surface area contributed by atoms with Crippen LogP contribution in [0.3, 0.4) is 0 Å². The van der Waals surface area contributed by atoms with Gasteiger partial charge in [-0.05, 0) is 44.5 Å². The summed E-state index contributed by atoms with van der Waals surface area (Å²) in [5.41, 5.74) is 7.73. The molecule has 0 atom stereocenters. The van der Waals surface area contributed by atoms with Gasteiger partial charge in [0.25, 0.3) is 11.8 Å². The molecule has 0 spiro atoms. The second-order valence-electron chi connectivity index (χ2n) is 6.73. The average molecular weight is 353 g/mol. The third-order valence-electron chi connectivity index (χ3n) is 5.00. The van der Waals surface area contributed by atoms with Gasteiger partial charge in [-0.2, -0.15) is 0 Å². The number of nitrogens with zero attached hydrogens (tertiary/aromatic N) is 1. The zero-order valence-corrected chi connectivity index (χ0v) is 15.4. The van der Waals surface area contributed by atoms with E-state index >= 15 is 0 Å². The summed E-state index contributed by atoms with van der Waals surface area (Å²) in [7, 11) is 0. The highest BCUT2D eigenvalue weighted by molar-refractivity contribution is 6.26. The Balaban J connectivity index is 1.78. The summed E-state index contributed by atoms with van der Waals surface area (Å²) in [6.45, 7) is 3.86. The van der Waals surface area contributed by atoms with Gasteiger partial charge in [-0.15, -0.1) is 0 Å². The van der Waals surface area contributed by atoms with Gasteiger partial charge in [-0.3, -0.25) is 14.5 Å². The Hall–Kier alpha value is -2.40. The number of nitrogens with two attached hydrogens (primary N) is 1. The smallest absolute Gasteiger partial charge is 0.261 e. The molecule has 26 heavy (non-hydrogen) atoms. The Morgan fingerprint density at radius 3 is 2.35 bits per heavy atom. The Morgan fingerprint density at radius 2 is 1.62 bits per heavy atom. The average Bonchev–Trinajstić information content (AvgIpc) is 2.66. The highest BCUT2D eigenvalue weighted by Crippen LogP contribution is 2.34. The summed E-state index contributed by atoms with van der Waals surface area (Å²) in [6.07, 6.45) is 5.76. The first kappa shape index (κ1) is 18.4. The molecular formula is C21H27N3O2. The Kier molecular flexibility index (Phi) is 5.89. The summed E-state index contributed by atoms with van der Waals surface area (Å²) in [5.74, 6) is -0.402. The van der Waals surface area contributed by atoms with Gasteiger partial charge in [-0.1, -0.05) is 31.4 Å². The molecule has 2 aromatic rings. The molecule has 5 heteroatoms. The van der Waals surface area contributed by atoms with E-state index < -0.39 is 0 Å². The lowest BCUT2D eigenvalue weighted by Gasteiger charge is -2.26. The van der Waals surface area contributed by atoms with E-state index in [4.69, 9.17) is 5.73 Å². The molecule has 3 rings (SSSR count). The van der Waals surface area contributed by atoms with Gasteiger partial charge in [0.1, 0.15) is 0 Å². The maximum Gasteiger partial charge on any atom is 0.261 e. The zero-order valence-electron chi connectivity index (χ0n) is 15.4. The van der Waals surface area contributed by atoms with E-state index in [-0.39, 0.29) is 11.8 Å². The van der Waals surface area contributed by atoms with E-state index in [9.17, 15) is 9.59 Å². The van der Waals surface area contributed by atoms with Crippen LogP contribution in [0.25, 0.3) is 10.8 Å². The number of unbranched alkanes of at least 4 members (excludes halogenated alkanes) is 4. The van der Waals surface area contributed by atoms with Crippen molar-refractivity contribution in [2.45, 2.75) is 39.0 Å². The van der Waals surface area contributed by atoms with Gasteiger partial charge < -0.3 is 11.1 Å². The Bertz CT molecular complexity index is 794. The second-order valence-corrected chi connectivity index (χ2v) is 6.73. The summed E-state index contributed by atoms with van der Waals surface area (Å²) in [5, 5.41) is 5.20. The molecule has 0 aromatic heterocycles. The zero-order chi connectivity index (χ0) is 18.5. The molecule has 2 amide bonds. The van der Waals surface area contributed by atoms with Crippen molar-refractivity contribution in [3.8, 4) is 0 Å². The van der Waals surface area contributed by atoms with Gasteiger partial charge in [0.15, 0.2) is 0 Å². The van der Waals surface area contributed by atoms with Crippen molar-refractivity contribution >= 4 is 28.3 Å². The highest BCUT2D eigenvalue weighted by Gasteiger charge is 2.32. The van der Waals surface area contributed by atoms with Gasteiger partial charge in [0.2, 0.25) is 0 Å². The van der Waals surface area contributed by atoms with Gasteiger partial charge in [0.05, 0.1) is 0 Å². The van der Waals surface area contributed by atoms with Crippen molar-refractivity contribution in [3.05, 3.63) is 41.5 Å². The first-order valence-corrected chi connectivity index (χ1v) is 9.55. The van der Waals surface area contributed by atoms with Crippen molar-refractivity contribution < 1.29 is 9.59 Å². The molecule has 0 unspecified atom stereocenters. The van der Waals surface area contributed by atoms with Crippen LogP contribution in [0.4, 0.5) is 5.69 Å². The van der Waals surface area contributed by atoms with Crippen LogP contribution in [0.1, 0.15) is 59.7 Å². The largest absolute Gasteiger partial charge is 0.385 e. The number of carbonyl (C=O) groups excluding carboxylic acids is 2. The first-order valence-electron chi connectivity index (χ1n) is 9.55. The SMILES string of the molecule is CCN1C(=O)c2cccc3c(NCCCCCCCN)ccc(c23)C1=O. The number of carbonyl (C=O) groups is 2. The van der Waals surface area contributed by atoms with Crippen molar-refractivity contribution in [3.63, 3.8) is 0 Å². The number of rotatable bonds is 9. The summed E-state index contributed by atoms with van der Waals surface area (Å²) in [6, 6.07) is 9.48. The fraction of sp³-hybridized carbons (Fsp3) is 0.429. The number of amides is 2. The normalized spacial score (nSPS) is 13.5. The van der Waals surface area contributed by atoms with Crippen LogP contribution < -0.4 is 11.1 Å². The molecule has 138 valence electrons. The number of benzene rings is 2. The van der Waals surface area contributed by atoms with Crippen molar-refractivity contribution in [1.29, 1.82) is 0 Å². The summed E-state index contributed by atoms with van der Waals surface area (Å²) in [4.78, 5) is 26.5. The number of nitrogens with one attached hydrogen (secondary N) is 1. The molecule has 0 aliphatic carbocycles. The molecule has 0 radical (unpaired) electrons. The molecule has 1 heterocycles.